The first-order chi connectivity index (χ1) is 11.8. The van der Waals surface area contributed by atoms with Gasteiger partial charge in [-0.3, -0.25) is 9.78 Å². The molecule has 4 rings (SSSR count). The molecule has 0 aromatic carbocycles. The third kappa shape index (κ3) is 2.47. The minimum absolute atomic E-state index is 0.0122. The Bertz CT molecular complexity index is 866. The molecular weight excluding hydrogens is 304 g/mol. The normalized spacial score (nSPS) is 13.8. The van der Waals surface area contributed by atoms with Crippen LogP contribution in [0.1, 0.15) is 28.7 Å². The van der Waals surface area contributed by atoms with Crippen molar-refractivity contribution in [1.29, 1.82) is 0 Å². The minimum Gasteiger partial charge on any atom is -0.334 e. The molecule has 0 spiro atoms. The van der Waals surface area contributed by atoms with Gasteiger partial charge in [0, 0.05) is 37.6 Å². The Balaban J connectivity index is 1.54. The highest BCUT2D eigenvalue weighted by Crippen LogP contribution is 2.20. The third-order valence-corrected chi connectivity index (χ3v) is 4.36. The van der Waals surface area contributed by atoms with E-state index in [1.165, 1.54) is 5.69 Å². The van der Waals surface area contributed by atoms with Gasteiger partial charge in [0.15, 0.2) is 0 Å². The molecular formula is C17H18N6O. The number of carbonyl (C=O) groups is 1. The van der Waals surface area contributed by atoms with Crippen LogP contribution >= 0.6 is 0 Å². The van der Waals surface area contributed by atoms with E-state index in [0.29, 0.717) is 18.7 Å². The third-order valence-electron chi connectivity index (χ3n) is 4.36. The van der Waals surface area contributed by atoms with E-state index in [0.717, 1.165) is 24.3 Å². The molecule has 122 valence electrons. The molecule has 1 amide bonds. The highest BCUT2D eigenvalue weighted by molar-refractivity contribution is 5.93. The summed E-state index contributed by atoms with van der Waals surface area (Å²) in [6.45, 7) is 4.27. The number of hydrogen-bond donors (Lipinski definition) is 0. The first-order valence-electron chi connectivity index (χ1n) is 8.03. The van der Waals surface area contributed by atoms with Gasteiger partial charge in [-0.1, -0.05) is 0 Å². The second-order valence-electron chi connectivity index (χ2n) is 5.79. The van der Waals surface area contributed by atoms with E-state index in [-0.39, 0.29) is 5.91 Å². The SMILES string of the molecule is CCn1cnc2c1CCN(C(=O)c1cnn(-c3cccnc3)c1)C2. The van der Waals surface area contributed by atoms with E-state index >= 15 is 0 Å². The zero-order valence-electron chi connectivity index (χ0n) is 13.5. The largest absolute Gasteiger partial charge is 0.334 e. The summed E-state index contributed by atoms with van der Waals surface area (Å²) in [5, 5.41) is 4.27. The van der Waals surface area contributed by atoms with E-state index in [1.54, 1.807) is 29.5 Å². The van der Waals surface area contributed by atoms with Crippen molar-refractivity contribution in [2.24, 2.45) is 0 Å². The zero-order chi connectivity index (χ0) is 16.5. The molecule has 7 heteroatoms. The highest BCUT2D eigenvalue weighted by Gasteiger charge is 2.25. The molecule has 3 aromatic heterocycles. The Labute approximate surface area is 139 Å². The second-order valence-corrected chi connectivity index (χ2v) is 5.79. The van der Waals surface area contributed by atoms with Crippen molar-refractivity contribution < 1.29 is 4.79 Å². The molecule has 24 heavy (non-hydrogen) atoms. The summed E-state index contributed by atoms with van der Waals surface area (Å²) in [5.74, 6) is -0.0122. The van der Waals surface area contributed by atoms with Crippen molar-refractivity contribution in [1.82, 2.24) is 29.2 Å². The van der Waals surface area contributed by atoms with Gasteiger partial charge in [0.05, 0.1) is 42.2 Å². The van der Waals surface area contributed by atoms with Crippen molar-refractivity contribution in [3.8, 4) is 5.69 Å². The van der Waals surface area contributed by atoms with E-state index in [1.807, 2.05) is 23.4 Å². The van der Waals surface area contributed by atoms with Gasteiger partial charge in [0.2, 0.25) is 0 Å². The molecule has 0 atom stereocenters. The number of imidazole rings is 1. The molecule has 1 aliphatic rings. The maximum atomic E-state index is 12.8. The fraction of sp³-hybridized carbons (Fsp3) is 0.294. The van der Waals surface area contributed by atoms with Crippen molar-refractivity contribution >= 4 is 5.91 Å². The molecule has 0 N–H and O–H groups in total. The quantitative estimate of drug-likeness (QED) is 0.736. The Kier molecular flexibility index (Phi) is 3.60. The van der Waals surface area contributed by atoms with Gasteiger partial charge < -0.3 is 9.47 Å². The summed E-state index contributed by atoms with van der Waals surface area (Å²) >= 11 is 0. The highest BCUT2D eigenvalue weighted by atomic mass is 16.2. The van der Waals surface area contributed by atoms with Crippen LogP contribution in [0.5, 0.6) is 0 Å². The van der Waals surface area contributed by atoms with Crippen LogP contribution in [0, 0.1) is 0 Å². The van der Waals surface area contributed by atoms with E-state index in [2.05, 4.69) is 26.6 Å². The van der Waals surface area contributed by atoms with Crippen LogP contribution in [-0.2, 0) is 19.5 Å². The molecule has 0 saturated carbocycles. The maximum Gasteiger partial charge on any atom is 0.257 e. The van der Waals surface area contributed by atoms with E-state index in [4.69, 9.17) is 0 Å². The molecule has 7 nitrogen and oxygen atoms in total. The van der Waals surface area contributed by atoms with Crippen molar-refractivity contribution in [3.05, 3.63) is 60.2 Å². The average Bonchev–Trinajstić information content (AvgIpc) is 3.28. The van der Waals surface area contributed by atoms with Gasteiger partial charge in [-0.05, 0) is 19.1 Å². The van der Waals surface area contributed by atoms with Gasteiger partial charge >= 0.3 is 0 Å². The lowest BCUT2D eigenvalue weighted by Gasteiger charge is -2.26. The van der Waals surface area contributed by atoms with Crippen LogP contribution in [0.25, 0.3) is 5.69 Å². The average molecular weight is 322 g/mol. The minimum atomic E-state index is -0.0122. The summed E-state index contributed by atoms with van der Waals surface area (Å²) in [7, 11) is 0. The van der Waals surface area contributed by atoms with Crippen LogP contribution in [0.15, 0.2) is 43.2 Å². The lowest BCUT2D eigenvalue weighted by atomic mass is 10.1. The number of fused-ring (bicyclic) bond motifs is 1. The number of pyridine rings is 1. The fourth-order valence-corrected chi connectivity index (χ4v) is 3.06. The van der Waals surface area contributed by atoms with E-state index < -0.39 is 0 Å². The molecule has 1 aliphatic heterocycles. The number of aromatic nitrogens is 5. The molecule has 4 heterocycles. The van der Waals surface area contributed by atoms with Crippen molar-refractivity contribution in [2.75, 3.05) is 6.54 Å². The summed E-state index contributed by atoms with van der Waals surface area (Å²) in [6, 6.07) is 3.74. The zero-order valence-corrected chi connectivity index (χ0v) is 13.5. The smallest absolute Gasteiger partial charge is 0.257 e. The lowest BCUT2D eigenvalue weighted by Crippen LogP contribution is -2.36. The van der Waals surface area contributed by atoms with Gasteiger partial charge in [-0.25, -0.2) is 9.67 Å². The molecule has 0 aliphatic carbocycles. The Morgan fingerprint density at radius 2 is 2.25 bits per heavy atom. The number of aryl methyl sites for hydroxylation is 1. The van der Waals surface area contributed by atoms with Crippen molar-refractivity contribution in [3.63, 3.8) is 0 Å². The fourth-order valence-electron chi connectivity index (χ4n) is 3.06. The lowest BCUT2D eigenvalue weighted by molar-refractivity contribution is 0.0731. The Morgan fingerprint density at radius 1 is 1.33 bits per heavy atom. The maximum absolute atomic E-state index is 12.8. The number of carbonyl (C=O) groups excluding carboxylic acids is 1. The van der Waals surface area contributed by atoms with Gasteiger partial charge in [-0.2, -0.15) is 5.10 Å². The first kappa shape index (κ1) is 14.6. The molecule has 0 bridgehead atoms. The number of rotatable bonds is 3. The van der Waals surface area contributed by atoms with Crippen molar-refractivity contribution in [2.45, 2.75) is 26.4 Å². The van der Waals surface area contributed by atoms with Gasteiger partial charge in [-0.15, -0.1) is 0 Å². The Hall–Kier alpha value is -2.96. The standard InChI is InChI=1S/C17H18N6O/c1-2-21-12-19-15-11-22(7-5-16(15)21)17(24)13-8-20-23(10-13)14-4-3-6-18-9-14/h3-4,6,8-10,12H,2,5,7,11H2,1H3. The number of amides is 1. The molecule has 0 unspecified atom stereocenters. The molecule has 0 saturated heterocycles. The van der Waals surface area contributed by atoms with Crippen LogP contribution in [-0.4, -0.2) is 41.7 Å². The summed E-state index contributed by atoms with van der Waals surface area (Å²) in [6.07, 6.45) is 9.48. The monoisotopic (exact) mass is 322 g/mol. The molecule has 3 aromatic rings. The van der Waals surface area contributed by atoms with Gasteiger partial charge in [0.1, 0.15) is 0 Å². The van der Waals surface area contributed by atoms with E-state index in [9.17, 15) is 4.79 Å². The summed E-state index contributed by atoms with van der Waals surface area (Å²) in [5.41, 5.74) is 3.65. The van der Waals surface area contributed by atoms with Crippen LogP contribution < -0.4 is 0 Å². The van der Waals surface area contributed by atoms with Crippen LogP contribution in [0.4, 0.5) is 0 Å². The second kappa shape index (κ2) is 5.92. The van der Waals surface area contributed by atoms with Crippen LogP contribution in [0.2, 0.25) is 0 Å². The topological polar surface area (TPSA) is 68.8 Å². The van der Waals surface area contributed by atoms with Gasteiger partial charge in [0.25, 0.3) is 5.91 Å². The Morgan fingerprint density at radius 3 is 3.04 bits per heavy atom. The predicted octanol–water partition coefficient (Wildman–Crippen LogP) is 1.68. The number of nitrogens with zero attached hydrogens (tertiary/aromatic N) is 6. The number of hydrogen-bond acceptors (Lipinski definition) is 4. The molecule has 0 radical (unpaired) electrons. The predicted molar refractivity (Wildman–Crippen MR) is 87.7 cm³/mol. The summed E-state index contributed by atoms with van der Waals surface area (Å²) in [4.78, 5) is 23.1. The van der Waals surface area contributed by atoms with Crippen LogP contribution in [0.3, 0.4) is 0 Å². The first-order valence-corrected chi connectivity index (χ1v) is 8.03. The molecule has 0 fully saturated rings. The summed E-state index contributed by atoms with van der Waals surface area (Å²) < 4.78 is 3.82.